The van der Waals surface area contributed by atoms with Crippen LogP contribution in [0.2, 0.25) is 0 Å². The van der Waals surface area contributed by atoms with Crippen molar-refractivity contribution in [3.05, 3.63) is 34.0 Å². The summed E-state index contributed by atoms with van der Waals surface area (Å²) in [6.45, 7) is 6.10. The van der Waals surface area contributed by atoms with Gasteiger partial charge in [-0.1, -0.05) is 20.8 Å². The molecule has 2 aromatic heterocycles. The van der Waals surface area contributed by atoms with Crippen molar-refractivity contribution >= 4 is 17.2 Å². The maximum Gasteiger partial charge on any atom is 0.435 e. The Morgan fingerprint density at radius 1 is 1.30 bits per heavy atom. The van der Waals surface area contributed by atoms with Crippen LogP contribution in [0.4, 0.5) is 13.2 Å². The molecule has 0 aliphatic rings. The third-order valence-electron chi connectivity index (χ3n) is 2.99. The largest absolute Gasteiger partial charge is 0.435 e. The lowest BCUT2D eigenvalue weighted by atomic mass is 9.93. The van der Waals surface area contributed by atoms with E-state index in [0.717, 1.165) is 27.6 Å². The number of hydrogen-bond acceptors (Lipinski definition) is 4. The van der Waals surface area contributed by atoms with E-state index in [0.29, 0.717) is 0 Å². The number of halogens is 3. The van der Waals surface area contributed by atoms with Gasteiger partial charge in [-0.2, -0.15) is 18.3 Å². The highest BCUT2D eigenvalue weighted by molar-refractivity contribution is 7.09. The van der Waals surface area contributed by atoms with Crippen molar-refractivity contribution in [2.24, 2.45) is 0 Å². The number of amides is 1. The number of carbonyl (C=O) groups is 1. The second-order valence-corrected chi connectivity index (χ2v) is 6.99. The molecular weight excluding hydrogens is 329 g/mol. The van der Waals surface area contributed by atoms with Crippen LogP contribution in [0, 0.1) is 0 Å². The molecule has 0 aliphatic heterocycles. The Kier molecular flexibility index (Phi) is 4.79. The van der Waals surface area contributed by atoms with Gasteiger partial charge < -0.3 is 5.32 Å². The molecule has 0 fully saturated rings. The first-order chi connectivity index (χ1) is 10.6. The highest BCUT2D eigenvalue weighted by atomic mass is 32.1. The second kappa shape index (κ2) is 6.31. The van der Waals surface area contributed by atoms with Crippen LogP contribution >= 0.6 is 11.3 Å². The molecule has 0 unspecified atom stereocenters. The zero-order valence-corrected chi connectivity index (χ0v) is 13.8. The molecule has 1 N–H and O–H groups in total. The maximum absolute atomic E-state index is 12.4. The molecule has 0 bridgehead atoms. The van der Waals surface area contributed by atoms with E-state index in [1.54, 1.807) is 0 Å². The van der Waals surface area contributed by atoms with E-state index in [2.05, 4.69) is 15.4 Å². The number of nitrogens with one attached hydrogen (secondary N) is 1. The van der Waals surface area contributed by atoms with Gasteiger partial charge in [0.05, 0.1) is 12.2 Å². The first-order valence-corrected chi connectivity index (χ1v) is 7.76. The minimum atomic E-state index is -4.51. The Labute approximate surface area is 135 Å². The minimum absolute atomic E-state index is 0.0676. The number of rotatable bonds is 4. The molecule has 126 valence electrons. The summed E-state index contributed by atoms with van der Waals surface area (Å²) in [6, 6.07) is 0.837. The van der Waals surface area contributed by atoms with E-state index in [-0.39, 0.29) is 18.5 Å². The first kappa shape index (κ1) is 17.5. The molecule has 0 saturated heterocycles. The highest BCUT2D eigenvalue weighted by Gasteiger charge is 2.33. The van der Waals surface area contributed by atoms with Crippen LogP contribution in [0.3, 0.4) is 0 Å². The van der Waals surface area contributed by atoms with E-state index in [9.17, 15) is 18.0 Å². The summed E-state index contributed by atoms with van der Waals surface area (Å²) in [7, 11) is 0. The molecule has 9 heteroatoms. The van der Waals surface area contributed by atoms with Crippen LogP contribution in [0.1, 0.15) is 37.2 Å². The normalized spacial score (nSPS) is 12.4. The van der Waals surface area contributed by atoms with E-state index < -0.39 is 17.8 Å². The van der Waals surface area contributed by atoms with Crippen LogP contribution in [0.25, 0.3) is 0 Å². The average molecular weight is 346 g/mol. The second-order valence-electron chi connectivity index (χ2n) is 6.05. The molecule has 2 heterocycles. The maximum atomic E-state index is 12.4. The molecule has 0 spiro atoms. The van der Waals surface area contributed by atoms with Crippen molar-refractivity contribution in [3.8, 4) is 0 Å². The number of hydrogen-bond donors (Lipinski definition) is 1. The molecule has 0 atom stereocenters. The van der Waals surface area contributed by atoms with Gasteiger partial charge in [0.1, 0.15) is 11.6 Å². The molecule has 0 radical (unpaired) electrons. The number of carbonyl (C=O) groups excluding carboxylic acids is 1. The topological polar surface area (TPSA) is 59.8 Å². The molecule has 23 heavy (non-hydrogen) atoms. The Bertz CT molecular complexity index is 685. The summed E-state index contributed by atoms with van der Waals surface area (Å²) in [4.78, 5) is 16.2. The Morgan fingerprint density at radius 3 is 2.52 bits per heavy atom. The molecule has 0 saturated carbocycles. The molecule has 2 aromatic rings. The third kappa shape index (κ3) is 4.78. The quantitative estimate of drug-likeness (QED) is 0.926. The molecule has 1 amide bonds. The smallest absolute Gasteiger partial charge is 0.348 e. The fourth-order valence-electron chi connectivity index (χ4n) is 1.71. The van der Waals surface area contributed by atoms with Crippen LogP contribution in [-0.2, 0) is 29.5 Å². The Morgan fingerprint density at radius 2 is 2.00 bits per heavy atom. The Balaban J connectivity index is 1.88. The fraction of sp³-hybridized carbons (Fsp3) is 0.500. The monoisotopic (exact) mass is 346 g/mol. The zero-order valence-electron chi connectivity index (χ0n) is 12.9. The summed E-state index contributed by atoms with van der Waals surface area (Å²) >= 11 is 1.44. The van der Waals surface area contributed by atoms with E-state index in [1.165, 1.54) is 11.3 Å². The van der Waals surface area contributed by atoms with Crippen molar-refractivity contribution in [1.82, 2.24) is 20.1 Å². The van der Waals surface area contributed by atoms with Gasteiger partial charge in [-0.3, -0.25) is 9.48 Å². The SMILES string of the molecule is CC(C)(C)c1csc(CNC(=O)Cn2ccc(C(F)(F)F)n2)n1. The standard InChI is InChI=1S/C14H17F3N4OS/c1-13(2,3)10-8-23-12(19-10)6-18-11(22)7-21-5-4-9(20-21)14(15,16)17/h4-5,8H,6-7H2,1-3H3,(H,18,22). The molecule has 0 aromatic carbocycles. The van der Waals surface area contributed by atoms with Gasteiger partial charge >= 0.3 is 6.18 Å². The van der Waals surface area contributed by atoms with E-state index in [4.69, 9.17) is 0 Å². The van der Waals surface area contributed by atoms with Gasteiger partial charge in [-0.15, -0.1) is 11.3 Å². The van der Waals surface area contributed by atoms with E-state index >= 15 is 0 Å². The van der Waals surface area contributed by atoms with Crippen LogP contribution in [0.15, 0.2) is 17.6 Å². The molecule has 2 rings (SSSR count). The van der Waals surface area contributed by atoms with Gasteiger partial charge in [-0.05, 0) is 6.07 Å². The summed E-state index contributed by atoms with van der Waals surface area (Å²) in [5.74, 6) is -0.422. The van der Waals surface area contributed by atoms with Crippen molar-refractivity contribution in [1.29, 1.82) is 0 Å². The predicted molar refractivity (Wildman–Crippen MR) is 79.9 cm³/mol. The number of nitrogens with zero attached hydrogens (tertiary/aromatic N) is 3. The zero-order chi connectivity index (χ0) is 17.3. The fourth-order valence-corrected chi connectivity index (χ4v) is 2.68. The Hall–Kier alpha value is -1.90. The predicted octanol–water partition coefficient (Wildman–Crippen LogP) is 2.97. The van der Waals surface area contributed by atoms with Crippen molar-refractivity contribution in [2.75, 3.05) is 0 Å². The molecule has 0 aliphatic carbocycles. The number of thiazole rings is 1. The molecular formula is C14H17F3N4OS. The van der Waals surface area contributed by atoms with Gasteiger partial charge in [0, 0.05) is 17.0 Å². The first-order valence-electron chi connectivity index (χ1n) is 6.88. The molecule has 5 nitrogen and oxygen atoms in total. The van der Waals surface area contributed by atoms with Crippen LogP contribution < -0.4 is 5.32 Å². The summed E-state index contributed by atoms with van der Waals surface area (Å²) in [6.07, 6.45) is -3.38. The highest BCUT2D eigenvalue weighted by Crippen LogP contribution is 2.27. The van der Waals surface area contributed by atoms with Crippen molar-refractivity contribution < 1.29 is 18.0 Å². The lowest BCUT2D eigenvalue weighted by Crippen LogP contribution is -2.27. The lowest BCUT2D eigenvalue weighted by Gasteiger charge is -2.14. The van der Waals surface area contributed by atoms with Gasteiger partial charge in [0.15, 0.2) is 5.69 Å². The lowest BCUT2D eigenvalue weighted by molar-refractivity contribution is -0.141. The van der Waals surface area contributed by atoms with Gasteiger partial charge in [-0.25, -0.2) is 4.98 Å². The van der Waals surface area contributed by atoms with E-state index in [1.807, 2.05) is 26.2 Å². The van der Waals surface area contributed by atoms with Crippen molar-refractivity contribution in [3.63, 3.8) is 0 Å². The number of alkyl halides is 3. The minimum Gasteiger partial charge on any atom is -0.348 e. The van der Waals surface area contributed by atoms with Crippen LogP contribution in [0.5, 0.6) is 0 Å². The van der Waals surface area contributed by atoms with Crippen LogP contribution in [-0.4, -0.2) is 20.7 Å². The average Bonchev–Trinajstić information content (AvgIpc) is 3.03. The number of aromatic nitrogens is 3. The van der Waals surface area contributed by atoms with Crippen molar-refractivity contribution in [2.45, 2.75) is 45.5 Å². The van der Waals surface area contributed by atoms with Gasteiger partial charge in [0.2, 0.25) is 5.91 Å². The third-order valence-corrected chi connectivity index (χ3v) is 3.84. The summed E-state index contributed by atoms with van der Waals surface area (Å²) < 4.78 is 38.2. The summed E-state index contributed by atoms with van der Waals surface area (Å²) in [5, 5.41) is 8.64. The summed E-state index contributed by atoms with van der Waals surface area (Å²) in [5.41, 5.74) is -0.143. The van der Waals surface area contributed by atoms with Gasteiger partial charge in [0.25, 0.3) is 0 Å².